The standard InChI is InChI=1S/C19H29NO4/c1-14-9-15(2)11-17(10-14)24-13-19(22)12-20(6-3-18(19)21)16-4-7-23-8-5-16/h9-11,16,18,21-22H,3-8,12-13H2,1-2H3/t18-,19-/m0/s1. The largest absolute Gasteiger partial charge is 0.490 e. The number of rotatable bonds is 4. The van der Waals surface area contributed by atoms with Gasteiger partial charge in [-0.2, -0.15) is 0 Å². The highest BCUT2D eigenvalue weighted by atomic mass is 16.5. The number of likely N-dealkylation sites (tertiary alicyclic amines) is 1. The lowest BCUT2D eigenvalue weighted by Gasteiger charge is -2.46. The lowest BCUT2D eigenvalue weighted by atomic mass is 9.88. The van der Waals surface area contributed by atoms with Crippen LogP contribution in [0.3, 0.4) is 0 Å². The molecule has 134 valence electrons. The van der Waals surface area contributed by atoms with Gasteiger partial charge in [-0.05, 0) is 56.4 Å². The van der Waals surface area contributed by atoms with Crippen LogP contribution in [-0.4, -0.2) is 65.8 Å². The Balaban J connectivity index is 1.64. The van der Waals surface area contributed by atoms with Gasteiger partial charge in [0, 0.05) is 32.3 Å². The summed E-state index contributed by atoms with van der Waals surface area (Å²) in [4.78, 5) is 2.29. The maximum absolute atomic E-state index is 11.0. The molecule has 0 aromatic heterocycles. The molecule has 0 spiro atoms. The number of ether oxygens (including phenoxy) is 2. The highest BCUT2D eigenvalue weighted by Crippen LogP contribution is 2.28. The van der Waals surface area contributed by atoms with Gasteiger partial charge in [-0.1, -0.05) is 6.07 Å². The first-order valence-corrected chi connectivity index (χ1v) is 8.90. The van der Waals surface area contributed by atoms with Crippen LogP contribution < -0.4 is 4.74 Å². The molecule has 0 amide bonds. The van der Waals surface area contributed by atoms with Crippen molar-refractivity contribution in [3.05, 3.63) is 29.3 Å². The molecule has 2 fully saturated rings. The van der Waals surface area contributed by atoms with Gasteiger partial charge >= 0.3 is 0 Å². The molecule has 2 aliphatic heterocycles. The van der Waals surface area contributed by atoms with E-state index in [2.05, 4.69) is 11.0 Å². The molecule has 0 saturated carbocycles. The fraction of sp³-hybridized carbons (Fsp3) is 0.684. The van der Waals surface area contributed by atoms with Gasteiger partial charge in [0.15, 0.2) is 0 Å². The number of hydrogen-bond acceptors (Lipinski definition) is 5. The second kappa shape index (κ2) is 7.40. The van der Waals surface area contributed by atoms with Crippen LogP contribution in [0.5, 0.6) is 5.75 Å². The molecule has 1 aromatic carbocycles. The Morgan fingerprint density at radius 1 is 1.17 bits per heavy atom. The third kappa shape index (κ3) is 4.09. The SMILES string of the molecule is Cc1cc(C)cc(OC[C@@]2(O)CN(C3CCOCC3)CC[C@@H]2O)c1. The first kappa shape index (κ1) is 17.7. The Morgan fingerprint density at radius 3 is 2.50 bits per heavy atom. The number of aryl methyl sites for hydroxylation is 2. The molecule has 3 rings (SSSR count). The lowest BCUT2D eigenvalue weighted by Crippen LogP contribution is -2.62. The van der Waals surface area contributed by atoms with Gasteiger partial charge in [0.05, 0.1) is 6.10 Å². The number of nitrogens with zero attached hydrogens (tertiary/aromatic N) is 1. The molecule has 2 saturated heterocycles. The first-order chi connectivity index (χ1) is 11.5. The van der Waals surface area contributed by atoms with E-state index in [1.165, 1.54) is 0 Å². The molecular formula is C19H29NO4. The molecule has 0 aliphatic carbocycles. The van der Waals surface area contributed by atoms with E-state index in [0.29, 0.717) is 19.0 Å². The molecule has 2 atom stereocenters. The number of piperidine rings is 1. The monoisotopic (exact) mass is 335 g/mol. The van der Waals surface area contributed by atoms with Gasteiger partial charge in [-0.15, -0.1) is 0 Å². The van der Waals surface area contributed by atoms with Crippen LogP contribution in [0.4, 0.5) is 0 Å². The van der Waals surface area contributed by atoms with E-state index in [1.807, 2.05) is 26.0 Å². The molecule has 5 heteroatoms. The normalized spacial score (nSPS) is 29.6. The third-order valence-electron chi connectivity index (χ3n) is 5.18. The minimum atomic E-state index is -1.23. The van der Waals surface area contributed by atoms with Crippen molar-refractivity contribution >= 4 is 0 Å². The van der Waals surface area contributed by atoms with Crippen LogP contribution in [0, 0.1) is 13.8 Å². The van der Waals surface area contributed by atoms with Crippen molar-refractivity contribution in [2.24, 2.45) is 0 Å². The second-order valence-electron chi connectivity index (χ2n) is 7.33. The molecule has 2 heterocycles. The summed E-state index contributed by atoms with van der Waals surface area (Å²) in [6, 6.07) is 6.44. The van der Waals surface area contributed by atoms with Gasteiger partial charge in [0.1, 0.15) is 18.0 Å². The van der Waals surface area contributed by atoms with E-state index in [0.717, 1.165) is 49.5 Å². The highest BCUT2D eigenvalue weighted by molar-refractivity contribution is 5.33. The van der Waals surface area contributed by atoms with Gasteiger partial charge in [0.2, 0.25) is 0 Å². The van der Waals surface area contributed by atoms with Crippen molar-refractivity contribution in [2.75, 3.05) is 32.9 Å². The quantitative estimate of drug-likeness (QED) is 0.876. The van der Waals surface area contributed by atoms with Crippen molar-refractivity contribution in [3.8, 4) is 5.75 Å². The van der Waals surface area contributed by atoms with Crippen LogP contribution in [-0.2, 0) is 4.74 Å². The summed E-state index contributed by atoms with van der Waals surface area (Å²) in [5.74, 6) is 0.747. The summed E-state index contributed by atoms with van der Waals surface area (Å²) < 4.78 is 11.3. The highest BCUT2D eigenvalue weighted by Gasteiger charge is 2.43. The Bertz CT molecular complexity index is 538. The van der Waals surface area contributed by atoms with E-state index in [-0.39, 0.29) is 6.61 Å². The Morgan fingerprint density at radius 2 is 1.83 bits per heavy atom. The van der Waals surface area contributed by atoms with Gasteiger partial charge in [0.25, 0.3) is 0 Å². The van der Waals surface area contributed by atoms with Crippen LogP contribution in [0.15, 0.2) is 18.2 Å². The number of benzene rings is 1. The predicted octanol–water partition coefficient (Wildman–Crippen LogP) is 1.66. The van der Waals surface area contributed by atoms with Crippen molar-refractivity contribution < 1.29 is 19.7 Å². The molecule has 24 heavy (non-hydrogen) atoms. The molecule has 0 radical (unpaired) electrons. The maximum atomic E-state index is 11.0. The smallest absolute Gasteiger partial charge is 0.137 e. The lowest BCUT2D eigenvalue weighted by molar-refractivity contribution is -0.149. The van der Waals surface area contributed by atoms with Crippen molar-refractivity contribution in [3.63, 3.8) is 0 Å². The number of β-amino-alcohol motifs (C(OH)–C–C–N with tert-alkyl or cyclic N) is 1. The summed E-state index contributed by atoms with van der Waals surface area (Å²) in [6.45, 7) is 6.98. The van der Waals surface area contributed by atoms with Crippen LogP contribution >= 0.6 is 0 Å². The predicted molar refractivity (Wildman–Crippen MR) is 92.4 cm³/mol. The fourth-order valence-corrected chi connectivity index (χ4v) is 3.82. The average Bonchev–Trinajstić information content (AvgIpc) is 2.56. The Kier molecular flexibility index (Phi) is 5.45. The molecular weight excluding hydrogens is 306 g/mol. The van der Waals surface area contributed by atoms with E-state index in [9.17, 15) is 10.2 Å². The average molecular weight is 335 g/mol. The summed E-state index contributed by atoms with van der Waals surface area (Å²) in [6.07, 6.45) is 1.80. The molecule has 0 bridgehead atoms. The van der Waals surface area contributed by atoms with Gasteiger partial charge in [-0.3, -0.25) is 4.90 Å². The topological polar surface area (TPSA) is 62.2 Å². The number of aliphatic hydroxyl groups excluding tert-OH is 1. The molecule has 2 aliphatic rings. The Labute approximate surface area is 144 Å². The summed E-state index contributed by atoms with van der Waals surface area (Å²) >= 11 is 0. The minimum absolute atomic E-state index is 0.108. The van der Waals surface area contributed by atoms with E-state index >= 15 is 0 Å². The summed E-state index contributed by atoms with van der Waals surface area (Å²) in [7, 11) is 0. The molecule has 1 aromatic rings. The summed E-state index contributed by atoms with van der Waals surface area (Å²) in [5, 5.41) is 21.3. The van der Waals surface area contributed by atoms with E-state index in [1.54, 1.807) is 0 Å². The van der Waals surface area contributed by atoms with Crippen molar-refractivity contribution in [1.29, 1.82) is 0 Å². The number of hydrogen-bond donors (Lipinski definition) is 2. The second-order valence-corrected chi connectivity index (χ2v) is 7.33. The van der Waals surface area contributed by atoms with E-state index in [4.69, 9.17) is 9.47 Å². The van der Waals surface area contributed by atoms with Gasteiger partial charge in [-0.25, -0.2) is 0 Å². The molecule has 0 unspecified atom stereocenters. The third-order valence-corrected chi connectivity index (χ3v) is 5.18. The minimum Gasteiger partial charge on any atom is -0.490 e. The van der Waals surface area contributed by atoms with Gasteiger partial charge < -0.3 is 19.7 Å². The zero-order chi connectivity index (χ0) is 17.2. The zero-order valence-corrected chi connectivity index (χ0v) is 14.7. The molecule has 5 nitrogen and oxygen atoms in total. The summed E-state index contributed by atoms with van der Waals surface area (Å²) in [5.41, 5.74) is 1.03. The first-order valence-electron chi connectivity index (χ1n) is 8.90. The Hall–Kier alpha value is -1.14. The van der Waals surface area contributed by atoms with Crippen molar-refractivity contribution in [1.82, 2.24) is 4.90 Å². The van der Waals surface area contributed by atoms with E-state index < -0.39 is 11.7 Å². The fourth-order valence-electron chi connectivity index (χ4n) is 3.82. The molecule has 2 N–H and O–H groups in total. The van der Waals surface area contributed by atoms with Crippen LogP contribution in [0.25, 0.3) is 0 Å². The van der Waals surface area contributed by atoms with Crippen LogP contribution in [0.1, 0.15) is 30.4 Å². The van der Waals surface area contributed by atoms with Crippen LogP contribution in [0.2, 0.25) is 0 Å². The zero-order valence-electron chi connectivity index (χ0n) is 14.7. The number of aliphatic hydroxyl groups is 2. The van der Waals surface area contributed by atoms with Crippen molar-refractivity contribution in [2.45, 2.75) is 50.9 Å². The maximum Gasteiger partial charge on any atom is 0.137 e.